The molecule has 0 atom stereocenters. The van der Waals surface area contributed by atoms with E-state index in [9.17, 15) is 23.1 Å². The number of nitrogens with zero attached hydrogens (tertiary/aromatic N) is 1. The molecule has 8 nitrogen and oxygen atoms in total. The summed E-state index contributed by atoms with van der Waals surface area (Å²) in [4.78, 5) is 26.9. The standard InChI is InChI=1S/C23H29N3O5S2/c27-22(24-10-13-26-11-4-1-5-12-26)18-14-32-15-20(18)33(30,31)25-19-9-8-16-6-2-3-7-17(16)21(19)23(28)29/h8-9,14-15,25H,1-7,10-13H2,(H,24,27)(H,28,29). The van der Waals surface area contributed by atoms with Gasteiger partial charge in [-0.3, -0.25) is 9.52 Å². The molecule has 2 aliphatic rings. The van der Waals surface area contributed by atoms with Crippen LogP contribution in [0.1, 0.15) is 63.9 Å². The Labute approximate surface area is 198 Å². The number of hydrogen-bond donors (Lipinski definition) is 3. The molecule has 1 aliphatic heterocycles. The van der Waals surface area contributed by atoms with E-state index in [0.717, 1.165) is 68.6 Å². The number of aryl methyl sites for hydroxylation is 1. The van der Waals surface area contributed by atoms with Gasteiger partial charge in [-0.15, -0.1) is 0 Å². The quantitative estimate of drug-likeness (QED) is 0.522. The maximum absolute atomic E-state index is 13.2. The largest absolute Gasteiger partial charge is 0.478 e. The van der Waals surface area contributed by atoms with Gasteiger partial charge in [-0.1, -0.05) is 12.5 Å². The van der Waals surface area contributed by atoms with Gasteiger partial charge in [0.1, 0.15) is 4.90 Å². The number of anilines is 1. The lowest BCUT2D eigenvalue weighted by atomic mass is 9.87. The number of rotatable bonds is 8. The summed E-state index contributed by atoms with van der Waals surface area (Å²) >= 11 is 1.12. The summed E-state index contributed by atoms with van der Waals surface area (Å²) in [5.74, 6) is -1.61. The topological polar surface area (TPSA) is 116 Å². The zero-order valence-electron chi connectivity index (χ0n) is 18.4. The van der Waals surface area contributed by atoms with E-state index in [-0.39, 0.29) is 21.7 Å². The van der Waals surface area contributed by atoms with Crippen molar-refractivity contribution >= 4 is 38.9 Å². The van der Waals surface area contributed by atoms with Crippen molar-refractivity contribution in [3.63, 3.8) is 0 Å². The molecule has 178 valence electrons. The molecule has 3 N–H and O–H groups in total. The van der Waals surface area contributed by atoms with Gasteiger partial charge >= 0.3 is 5.97 Å². The van der Waals surface area contributed by atoms with Gasteiger partial charge in [-0.05, 0) is 68.8 Å². The molecule has 10 heteroatoms. The minimum atomic E-state index is -4.15. The molecule has 0 unspecified atom stereocenters. The normalized spacial score (nSPS) is 16.7. The highest BCUT2D eigenvalue weighted by atomic mass is 32.2. The number of thiophene rings is 1. The smallest absolute Gasteiger partial charge is 0.338 e. The van der Waals surface area contributed by atoms with Crippen LogP contribution in [0, 0.1) is 0 Å². The Morgan fingerprint density at radius 2 is 1.79 bits per heavy atom. The summed E-state index contributed by atoms with van der Waals surface area (Å²) in [5.41, 5.74) is 1.74. The van der Waals surface area contributed by atoms with E-state index in [0.29, 0.717) is 18.5 Å². The van der Waals surface area contributed by atoms with Gasteiger partial charge in [0, 0.05) is 23.8 Å². The maximum atomic E-state index is 13.2. The first kappa shape index (κ1) is 23.7. The number of hydrogen-bond acceptors (Lipinski definition) is 6. The average Bonchev–Trinajstić information content (AvgIpc) is 3.30. The predicted octanol–water partition coefficient (Wildman–Crippen LogP) is 3.34. The van der Waals surface area contributed by atoms with Gasteiger partial charge in [-0.2, -0.15) is 11.3 Å². The lowest BCUT2D eigenvalue weighted by Crippen LogP contribution is -2.37. The van der Waals surface area contributed by atoms with Crippen molar-refractivity contribution in [2.75, 3.05) is 30.9 Å². The average molecular weight is 492 g/mol. The summed E-state index contributed by atoms with van der Waals surface area (Å²) in [6.07, 6.45) is 6.81. The second-order valence-corrected chi connectivity index (χ2v) is 10.9. The predicted molar refractivity (Wildman–Crippen MR) is 128 cm³/mol. The number of carbonyl (C=O) groups is 2. The number of benzene rings is 1. The zero-order valence-corrected chi connectivity index (χ0v) is 20.1. The van der Waals surface area contributed by atoms with Gasteiger partial charge in [0.25, 0.3) is 15.9 Å². The first-order chi connectivity index (χ1) is 15.9. The Kier molecular flexibility index (Phi) is 7.35. The van der Waals surface area contributed by atoms with Crippen LogP contribution in [-0.2, 0) is 22.9 Å². The molecule has 1 aliphatic carbocycles. The Morgan fingerprint density at radius 3 is 2.55 bits per heavy atom. The van der Waals surface area contributed by atoms with Gasteiger partial charge in [0.2, 0.25) is 0 Å². The number of aromatic carboxylic acids is 1. The number of carbonyl (C=O) groups excluding carboxylic acids is 1. The molecule has 2 heterocycles. The summed E-state index contributed by atoms with van der Waals surface area (Å²) in [6.45, 7) is 3.21. The van der Waals surface area contributed by atoms with Crippen LogP contribution in [0.2, 0.25) is 0 Å². The Hall–Kier alpha value is -2.43. The molecule has 4 rings (SSSR count). The molecule has 1 fully saturated rings. The molecular formula is C23H29N3O5S2. The molecule has 1 saturated heterocycles. The minimum absolute atomic E-state index is 0.00135. The molecule has 33 heavy (non-hydrogen) atoms. The van der Waals surface area contributed by atoms with Crippen LogP contribution in [0.25, 0.3) is 0 Å². The summed E-state index contributed by atoms with van der Waals surface area (Å²) < 4.78 is 28.8. The first-order valence-corrected chi connectivity index (χ1v) is 13.8. The lowest BCUT2D eigenvalue weighted by Gasteiger charge is -2.26. The summed E-state index contributed by atoms with van der Waals surface area (Å²) in [7, 11) is -4.15. The second-order valence-electron chi connectivity index (χ2n) is 8.55. The van der Waals surface area contributed by atoms with Crippen molar-refractivity contribution in [2.24, 2.45) is 0 Å². The SMILES string of the molecule is O=C(NCCN1CCCCC1)c1cscc1S(=O)(=O)Nc1ccc2c(c1C(=O)O)CCCC2. The first-order valence-electron chi connectivity index (χ1n) is 11.3. The van der Waals surface area contributed by atoms with Crippen LogP contribution in [0.4, 0.5) is 5.69 Å². The Balaban J connectivity index is 1.50. The lowest BCUT2D eigenvalue weighted by molar-refractivity contribution is 0.0696. The highest BCUT2D eigenvalue weighted by Gasteiger charge is 2.28. The third-order valence-corrected chi connectivity index (χ3v) is 8.61. The number of amides is 1. The number of nitrogens with one attached hydrogen (secondary N) is 2. The molecule has 0 spiro atoms. The molecule has 1 aromatic carbocycles. The van der Waals surface area contributed by atoms with Crippen LogP contribution < -0.4 is 10.0 Å². The fourth-order valence-corrected chi connectivity index (χ4v) is 7.07. The summed E-state index contributed by atoms with van der Waals surface area (Å²) in [5, 5.41) is 15.5. The second kappa shape index (κ2) is 10.2. The molecule has 1 amide bonds. The third kappa shape index (κ3) is 5.39. The van der Waals surface area contributed by atoms with Gasteiger partial charge in [0.05, 0.1) is 16.8 Å². The van der Waals surface area contributed by atoms with E-state index < -0.39 is 21.9 Å². The van der Waals surface area contributed by atoms with Crippen LogP contribution >= 0.6 is 11.3 Å². The highest BCUT2D eigenvalue weighted by Crippen LogP contribution is 2.32. The molecule has 0 radical (unpaired) electrons. The minimum Gasteiger partial charge on any atom is -0.478 e. The molecule has 0 saturated carbocycles. The van der Waals surface area contributed by atoms with Crippen molar-refractivity contribution < 1.29 is 23.1 Å². The zero-order chi connectivity index (χ0) is 23.4. The number of sulfonamides is 1. The highest BCUT2D eigenvalue weighted by molar-refractivity contribution is 7.93. The van der Waals surface area contributed by atoms with E-state index in [1.165, 1.54) is 23.2 Å². The Morgan fingerprint density at radius 1 is 1.03 bits per heavy atom. The number of carboxylic acids is 1. The number of fused-ring (bicyclic) bond motifs is 1. The molecule has 1 aromatic heterocycles. The fraction of sp³-hybridized carbons (Fsp3) is 0.478. The van der Waals surface area contributed by atoms with Crippen molar-refractivity contribution in [2.45, 2.75) is 49.8 Å². The van der Waals surface area contributed by atoms with E-state index in [4.69, 9.17) is 0 Å². The third-order valence-electron chi connectivity index (χ3n) is 6.31. The maximum Gasteiger partial charge on any atom is 0.338 e. The van der Waals surface area contributed by atoms with Gasteiger partial charge in [0.15, 0.2) is 0 Å². The number of likely N-dealkylation sites (tertiary alicyclic amines) is 1. The van der Waals surface area contributed by atoms with Gasteiger partial charge in [-0.25, -0.2) is 13.2 Å². The van der Waals surface area contributed by atoms with E-state index >= 15 is 0 Å². The Bertz CT molecular complexity index is 1140. The fourth-order valence-electron chi connectivity index (χ4n) is 4.62. The number of carboxylic acid groups (broad SMARTS) is 1. The van der Waals surface area contributed by atoms with Crippen LogP contribution in [-0.4, -0.2) is 56.5 Å². The van der Waals surface area contributed by atoms with Crippen LogP contribution in [0.5, 0.6) is 0 Å². The van der Waals surface area contributed by atoms with Crippen molar-refractivity contribution in [3.05, 3.63) is 45.1 Å². The van der Waals surface area contributed by atoms with Crippen molar-refractivity contribution in [3.8, 4) is 0 Å². The molecular weight excluding hydrogens is 462 g/mol. The van der Waals surface area contributed by atoms with E-state index in [2.05, 4.69) is 14.9 Å². The van der Waals surface area contributed by atoms with Crippen LogP contribution in [0.3, 0.4) is 0 Å². The molecule has 2 aromatic rings. The monoisotopic (exact) mass is 491 g/mol. The molecule has 0 bridgehead atoms. The van der Waals surface area contributed by atoms with Crippen molar-refractivity contribution in [1.29, 1.82) is 0 Å². The van der Waals surface area contributed by atoms with Gasteiger partial charge < -0.3 is 15.3 Å². The van der Waals surface area contributed by atoms with Crippen molar-refractivity contribution in [1.82, 2.24) is 10.2 Å². The number of piperidine rings is 1. The van der Waals surface area contributed by atoms with E-state index in [1.807, 2.05) is 0 Å². The van der Waals surface area contributed by atoms with Crippen LogP contribution in [0.15, 0.2) is 27.8 Å². The summed E-state index contributed by atoms with van der Waals surface area (Å²) in [6, 6.07) is 3.30. The van der Waals surface area contributed by atoms with E-state index in [1.54, 1.807) is 6.07 Å².